The van der Waals surface area contributed by atoms with Gasteiger partial charge in [-0.05, 0) is 31.6 Å². The number of carbonyl (C=O) groups is 4. The van der Waals surface area contributed by atoms with Crippen LogP contribution in [-0.4, -0.2) is 96.7 Å². The third-order valence-corrected chi connectivity index (χ3v) is 23.4. The van der Waals surface area contributed by atoms with Gasteiger partial charge in [-0.25, -0.2) is 9.13 Å². The summed E-state index contributed by atoms with van der Waals surface area (Å²) >= 11 is 0. The lowest BCUT2D eigenvalue weighted by atomic mass is 10.0. The number of rotatable bonds is 91. The van der Waals surface area contributed by atoms with Crippen LogP contribution in [0.25, 0.3) is 0 Å². The molecule has 0 aliphatic rings. The predicted molar refractivity (Wildman–Crippen MR) is 455 cm³/mol. The zero-order valence-corrected chi connectivity index (χ0v) is 74.2. The van der Waals surface area contributed by atoms with E-state index in [9.17, 15) is 43.2 Å². The molecule has 0 radical (unpaired) electrons. The Kier molecular flexibility index (Phi) is 82.1. The van der Waals surface area contributed by atoms with Gasteiger partial charge in [-0.1, -0.05) is 446 Å². The molecule has 2 unspecified atom stereocenters. The van der Waals surface area contributed by atoms with Gasteiger partial charge >= 0.3 is 39.5 Å². The van der Waals surface area contributed by atoms with Crippen LogP contribution in [-0.2, 0) is 65.4 Å². The van der Waals surface area contributed by atoms with Crippen molar-refractivity contribution in [2.75, 3.05) is 39.6 Å². The van der Waals surface area contributed by atoms with Crippen molar-refractivity contribution in [1.82, 2.24) is 0 Å². The molecule has 3 N–H and O–H groups in total. The Morgan fingerprint density at radius 3 is 0.618 bits per heavy atom. The number of aliphatic hydroxyl groups excluding tert-OH is 1. The molecule has 0 rings (SSSR count). The molecule has 0 aliphatic carbocycles. The molecule has 0 heterocycles. The molecule has 0 amide bonds. The summed E-state index contributed by atoms with van der Waals surface area (Å²) in [6, 6.07) is 0. The zero-order chi connectivity index (χ0) is 80.4. The summed E-state index contributed by atoms with van der Waals surface area (Å²) in [7, 11) is -9.93. The van der Waals surface area contributed by atoms with Crippen molar-refractivity contribution in [2.24, 2.45) is 5.92 Å². The maximum Gasteiger partial charge on any atom is 0.472 e. The normalized spacial score (nSPS) is 13.7. The fourth-order valence-corrected chi connectivity index (χ4v) is 15.9. The SMILES string of the molecule is CCCCCCCCCCCCCCCCCCCCCCC(=O)OC[C@H](COP(=O)(O)OC[C@@H](O)COP(=O)(O)OC[C@@H](COC(=O)CCCCCCCCCCC)OC(=O)CCCCCCCCCCCCCCCCCCCCCC)OC(=O)CCCCCCCCCCCCCCCCCCCCC(C)C. The number of aliphatic hydroxyl groups is 1. The lowest BCUT2D eigenvalue weighted by molar-refractivity contribution is -0.161. The van der Waals surface area contributed by atoms with E-state index >= 15 is 0 Å². The molecule has 110 heavy (non-hydrogen) atoms. The highest BCUT2D eigenvalue weighted by Crippen LogP contribution is 2.45. The fourth-order valence-electron chi connectivity index (χ4n) is 14.4. The third-order valence-electron chi connectivity index (χ3n) is 21.5. The van der Waals surface area contributed by atoms with E-state index in [1.165, 1.54) is 321 Å². The standard InChI is InChI=1S/C91H178O17P2/c1-6-9-12-15-18-21-23-25-27-29-31-33-38-42-46-50-55-60-65-70-75-89(94)102-81-87(108-91(96)77-72-67-62-57-52-48-44-40-36-35-37-41-45-49-54-58-63-68-73-84(4)5)83-106-110(99,100)104-79-85(92)78-103-109(97,98)105-82-86(80-101-88(93)74-69-64-59-53-20-17-14-11-8-3)107-90(95)76-71-66-61-56-51-47-43-39-34-32-30-28-26-24-22-19-16-13-10-7-2/h84-87,92H,6-83H2,1-5H3,(H,97,98)(H,99,100)/t85-,86+,87+/m0/s1. The Hall–Kier alpha value is -1.94. The predicted octanol–water partition coefficient (Wildman–Crippen LogP) is 28.3. The largest absolute Gasteiger partial charge is 0.472 e. The molecule has 0 spiro atoms. The summed E-state index contributed by atoms with van der Waals surface area (Å²) < 4.78 is 69.0. The highest BCUT2D eigenvalue weighted by atomic mass is 31.2. The first-order valence-electron chi connectivity index (χ1n) is 47.1. The molecule has 19 heteroatoms. The Balaban J connectivity index is 5.19. The topological polar surface area (TPSA) is 237 Å². The van der Waals surface area contributed by atoms with Crippen molar-refractivity contribution in [3.05, 3.63) is 0 Å². The van der Waals surface area contributed by atoms with Crippen LogP contribution in [0.5, 0.6) is 0 Å². The maximum atomic E-state index is 13.2. The highest BCUT2D eigenvalue weighted by molar-refractivity contribution is 7.47. The number of phosphoric ester groups is 2. The van der Waals surface area contributed by atoms with Crippen molar-refractivity contribution in [2.45, 2.75) is 515 Å². The second-order valence-electron chi connectivity index (χ2n) is 33.2. The molecule has 0 saturated heterocycles. The van der Waals surface area contributed by atoms with Gasteiger partial charge < -0.3 is 33.8 Å². The van der Waals surface area contributed by atoms with Crippen molar-refractivity contribution in [3.63, 3.8) is 0 Å². The van der Waals surface area contributed by atoms with Gasteiger partial charge in [0.25, 0.3) is 0 Å². The number of hydrogen-bond donors (Lipinski definition) is 3. The molecule has 0 bridgehead atoms. The molecule has 0 aromatic heterocycles. The average Bonchev–Trinajstić information content (AvgIpc) is 0.897. The van der Waals surface area contributed by atoms with Crippen molar-refractivity contribution < 1.29 is 80.2 Å². The van der Waals surface area contributed by atoms with E-state index in [1.807, 2.05) is 0 Å². The second-order valence-corrected chi connectivity index (χ2v) is 36.1. The number of esters is 4. The molecule has 0 fully saturated rings. The van der Waals surface area contributed by atoms with Crippen LogP contribution in [0.1, 0.15) is 497 Å². The first kappa shape index (κ1) is 108. The summed E-state index contributed by atoms with van der Waals surface area (Å²) in [5, 5.41) is 10.7. The van der Waals surface area contributed by atoms with Gasteiger partial charge in [0.1, 0.15) is 19.3 Å². The van der Waals surface area contributed by atoms with E-state index in [4.69, 9.17) is 37.0 Å². The summed E-state index contributed by atoms with van der Waals surface area (Å²) in [6.07, 6.45) is 79.4. The van der Waals surface area contributed by atoms with Crippen molar-refractivity contribution in [1.29, 1.82) is 0 Å². The Labute approximate surface area is 677 Å². The number of ether oxygens (including phenoxy) is 4. The van der Waals surface area contributed by atoms with Crippen molar-refractivity contribution in [3.8, 4) is 0 Å². The summed E-state index contributed by atoms with van der Waals surface area (Å²) in [5.74, 6) is -1.28. The minimum atomic E-state index is -4.97. The molecule has 0 aromatic carbocycles. The first-order chi connectivity index (χ1) is 53.5. The summed E-state index contributed by atoms with van der Waals surface area (Å²) in [5.41, 5.74) is 0. The first-order valence-corrected chi connectivity index (χ1v) is 50.1. The van der Waals surface area contributed by atoms with Gasteiger partial charge in [-0.15, -0.1) is 0 Å². The maximum absolute atomic E-state index is 13.2. The molecule has 0 saturated carbocycles. The van der Waals surface area contributed by atoms with E-state index in [-0.39, 0.29) is 25.7 Å². The second kappa shape index (κ2) is 83.5. The molecule has 654 valence electrons. The van der Waals surface area contributed by atoms with Gasteiger partial charge in [0.2, 0.25) is 0 Å². The Bertz CT molecular complexity index is 2080. The van der Waals surface area contributed by atoms with E-state index in [1.54, 1.807) is 0 Å². The average molecular weight is 1610 g/mol. The molecule has 0 aliphatic heterocycles. The van der Waals surface area contributed by atoms with E-state index < -0.39 is 97.5 Å². The minimum absolute atomic E-state index is 0.109. The van der Waals surface area contributed by atoms with Crippen LogP contribution in [0.4, 0.5) is 0 Å². The van der Waals surface area contributed by atoms with Crippen molar-refractivity contribution >= 4 is 39.5 Å². The number of phosphoric acid groups is 2. The van der Waals surface area contributed by atoms with Crippen LogP contribution in [0.2, 0.25) is 0 Å². The smallest absolute Gasteiger partial charge is 0.462 e. The lowest BCUT2D eigenvalue weighted by Gasteiger charge is -2.21. The van der Waals surface area contributed by atoms with Crippen LogP contribution in [0.15, 0.2) is 0 Å². The number of unbranched alkanes of at least 4 members (excludes halogenated alkanes) is 63. The van der Waals surface area contributed by atoms with Crippen LogP contribution >= 0.6 is 15.6 Å². The van der Waals surface area contributed by atoms with Gasteiger partial charge in [0.15, 0.2) is 12.2 Å². The summed E-state index contributed by atoms with van der Waals surface area (Å²) in [6.45, 7) is 7.41. The van der Waals surface area contributed by atoms with E-state index in [0.29, 0.717) is 25.7 Å². The number of hydrogen-bond acceptors (Lipinski definition) is 15. The van der Waals surface area contributed by atoms with Crippen LogP contribution in [0, 0.1) is 5.92 Å². The monoisotopic (exact) mass is 1610 g/mol. The number of carbonyl (C=O) groups excluding carboxylic acids is 4. The Morgan fingerprint density at radius 1 is 0.245 bits per heavy atom. The van der Waals surface area contributed by atoms with Gasteiger partial charge in [0.05, 0.1) is 26.4 Å². The van der Waals surface area contributed by atoms with Crippen LogP contribution < -0.4 is 0 Å². The third kappa shape index (κ3) is 84.0. The molecule has 17 nitrogen and oxygen atoms in total. The van der Waals surface area contributed by atoms with Gasteiger partial charge in [-0.3, -0.25) is 37.3 Å². The van der Waals surface area contributed by atoms with Crippen LogP contribution in [0.3, 0.4) is 0 Å². The molecular formula is C91H178O17P2. The molecular weight excluding hydrogens is 1430 g/mol. The Morgan fingerprint density at radius 2 is 0.418 bits per heavy atom. The molecule has 5 atom stereocenters. The quantitative estimate of drug-likeness (QED) is 0.0222. The van der Waals surface area contributed by atoms with Gasteiger partial charge in [0, 0.05) is 25.7 Å². The zero-order valence-electron chi connectivity index (χ0n) is 72.4. The van der Waals surface area contributed by atoms with Gasteiger partial charge in [-0.2, -0.15) is 0 Å². The minimum Gasteiger partial charge on any atom is -0.462 e. The highest BCUT2D eigenvalue weighted by Gasteiger charge is 2.31. The fraction of sp³-hybridized carbons (Fsp3) is 0.956. The van der Waals surface area contributed by atoms with E-state index in [0.717, 1.165) is 95.8 Å². The van der Waals surface area contributed by atoms with E-state index in [2.05, 4.69) is 34.6 Å². The lowest BCUT2D eigenvalue weighted by Crippen LogP contribution is -2.30. The summed E-state index contributed by atoms with van der Waals surface area (Å²) in [4.78, 5) is 73.3. The molecule has 0 aromatic rings.